The van der Waals surface area contributed by atoms with E-state index in [0.717, 1.165) is 0 Å². The van der Waals surface area contributed by atoms with Crippen molar-refractivity contribution in [3.63, 3.8) is 0 Å². The number of nitrogens with two attached hydrogens (primary N) is 1. The fourth-order valence-corrected chi connectivity index (χ4v) is 6.01. The maximum absolute atomic E-state index is 12.0. The van der Waals surface area contributed by atoms with Crippen LogP contribution in [0, 0.1) is 0 Å². The molecule has 3 rings (SSSR count). The molecule has 0 spiro atoms. The van der Waals surface area contributed by atoms with Crippen molar-refractivity contribution in [1.82, 2.24) is 15.0 Å². The molecule has 1 fully saturated rings. The molecular weight excluding hydrogens is 511 g/mol. The summed E-state index contributed by atoms with van der Waals surface area (Å²) in [6.45, 7) is 2.98. The van der Waals surface area contributed by atoms with Gasteiger partial charge in [-0.2, -0.15) is 8.62 Å². The summed E-state index contributed by atoms with van der Waals surface area (Å²) in [6.07, 6.45) is 2.09. The van der Waals surface area contributed by atoms with Crippen LogP contribution >= 0.6 is 23.5 Å². The van der Waals surface area contributed by atoms with Crippen molar-refractivity contribution in [2.24, 2.45) is 0 Å². The van der Waals surface area contributed by atoms with Crippen molar-refractivity contribution in [2.45, 2.75) is 24.9 Å². The first-order valence-electron chi connectivity index (χ1n) is 8.95. The van der Waals surface area contributed by atoms with E-state index >= 15 is 0 Å². The van der Waals surface area contributed by atoms with Gasteiger partial charge in [0.25, 0.3) is 5.65 Å². The summed E-state index contributed by atoms with van der Waals surface area (Å²) >= 11 is 0. The molecule has 1 saturated heterocycles. The van der Waals surface area contributed by atoms with E-state index in [4.69, 9.17) is 25.0 Å². The van der Waals surface area contributed by atoms with Gasteiger partial charge in [0.1, 0.15) is 6.10 Å². The average molecular weight is 532 g/mol. The summed E-state index contributed by atoms with van der Waals surface area (Å²) in [4.78, 5) is 47.2. The standard InChI is InChI=1S/C13H20N5O12P3/c1-2-3-26-8-4-10(18-7-17-12(14)11-13(18)16-6-15-11)28-9(8)5-27-32(22,23)30-33(24,25)29-31(19,20)21/h2,6-10H,1,3-5H2,(H6,14,15,16,19,20,21,22,23,24,25)/p+1/t8-,9-,10-/m1/s1. The van der Waals surface area contributed by atoms with E-state index in [1.165, 1.54) is 18.7 Å². The molecule has 0 bridgehead atoms. The Bertz CT molecular complexity index is 1150. The Morgan fingerprint density at radius 1 is 1.24 bits per heavy atom. The Morgan fingerprint density at radius 3 is 2.64 bits per heavy atom. The Balaban J connectivity index is 1.72. The maximum Gasteiger partial charge on any atom is 0.490 e. The SMILES string of the molecule is C=CCO[C@@H]1C[C@H]([n+]2cnc(N)c3[nH]cnc32)O[C@@H]1COP(=O)(O)OP(=O)(O)OP(=O)(O)O. The van der Waals surface area contributed by atoms with Gasteiger partial charge in [-0.1, -0.05) is 16.0 Å². The summed E-state index contributed by atoms with van der Waals surface area (Å²) in [5, 5.41) is 0. The number of fused-ring (bicyclic) bond motifs is 1. The van der Waals surface area contributed by atoms with Crippen LogP contribution in [0.1, 0.15) is 12.6 Å². The normalized spacial score (nSPS) is 25.0. The van der Waals surface area contributed by atoms with Gasteiger partial charge >= 0.3 is 23.5 Å². The van der Waals surface area contributed by atoms with Crippen molar-refractivity contribution in [3.05, 3.63) is 25.3 Å². The van der Waals surface area contributed by atoms with Crippen molar-refractivity contribution in [3.8, 4) is 0 Å². The Labute approximate surface area is 185 Å². The van der Waals surface area contributed by atoms with Gasteiger partial charge in [-0.05, 0) is 0 Å². The highest BCUT2D eigenvalue weighted by atomic mass is 31.3. The second kappa shape index (κ2) is 9.96. The Hall–Kier alpha value is -1.58. The fraction of sp³-hybridized carbons (Fsp3) is 0.462. The van der Waals surface area contributed by atoms with Crippen LogP contribution in [0.15, 0.2) is 25.3 Å². The number of rotatable bonds is 11. The fourth-order valence-electron chi connectivity index (χ4n) is 2.98. The number of nitrogens with zero attached hydrogens (tertiary/aromatic N) is 3. The first-order chi connectivity index (χ1) is 15.3. The number of nitrogens with one attached hydrogen (secondary N) is 1. The highest BCUT2D eigenvalue weighted by Gasteiger charge is 2.44. The lowest BCUT2D eigenvalue weighted by molar-refractivity contribution is -0.740. The highest BCUT2D eigenvalue weighted by Crippen LogP contribution is 2.66. The maximum atomic E-state index is 12.0. The van der Waals surface area contributed by atoms with Crippen LogP contribution in [0.5, 0.6) is 0 Å². The number of aromatic nitrogens is 4. The summed E-state index contributed by atoms with van der Waals surface area (Å²) in [5.41, 5.74) is 6.68. The lowest BCUT2D eigenvalue weighted by atomic mass is 10.2. The molecule has 0 radical (unpaired) electrons. The molecule has 5 atom stereocenters. The molecule has 3 heterocycles. The minimum atomic E-state index is -5.64. The molecule has 2 aromatic heterocycles. The van der Waals surface area contributed by atoms with E-state index in [1.807, 2.05) is 0 Å². The van der Waals surface area contributed by atoms with Crippen molar-refractivity contribution in [2.75, 3.05) is 18.9 Å². The minimum absolute atomic E-state index is 0.106. The molecule has 33 heavy (non-hydrogen) atoms. The van der Waals surface area contributed by atoms with Crippen LogP contribution in [0.2, 0.25) is 0 Å². The van der Waals surface area contributed by atoms with Crippen LogP contribution in [0.4, 0.5) is 5.82 Å². The van der Waals surface area contributed by atoms with Crippen LogP contribution in [0.3, 0.4) is 0 Å². The lowest BCUT2D eigenvalue weighted by Gasteiger charge is -2.20. The number of hydrogen-bond acceptors (Lipinski definition) is 11. The number of nitrogen functional groups attached to an aromatic ring is 1. The molecule has 2 unspecified atom stereocenters. The average Bonchev–Trinajstić information content (AvgIpc) is 3.30. The van der Waals surface area contributed by atoms with Crippen LogP contribution < -0.4 is 10.3 Å². The number of imidazole rings is 1. The molecule has 0 amide bonds. The molecule has 1 aliphatic rings. The second-order valence-corrected chi connectivity index (χ2v) is 11.0. The van der Waals surface area contributed by atoms with E-state index in [1.54, 1.807) is 4.57 Å². The van der Waals surface area contributed by atoms with Crippen LogP contribution in [-0.2, 0) is 36.3 Å². The number of aromatic amines is 1. The highest BCUT2D eigenvalue weighted by molar-refractivity contribution is 7.66. The summed E-state index contributed by atoms with van der Waals surface area (Å²) in [6, 6.07) is 0. The van der Waals surface area contributed by atoms with Gasteiger partial charge < -0.3 is 39.8 Å². The number of anilines is 1. The minimum Gasteiger partial charge on any atom is -0.371 e. The van der Waals surface area contributed by atoms with Gasteiger partial charge in [0, 0.05) is 6.42 Å². The van der Waals surface area contributed by atoms with Gasteiger partial charge in [-0.25, -0.2) is 18.3 Å². The number of H-pyrrole nitrogens is 1. The molecule has 184 valence electrons. The molecule has 0 saturated carbocycles. The number of phosphoric acid groups is 3. The largest absolute Gasteiger partial charge is 0.490 e. The molecular formula is C13H21N5O12P3+. The topological polar surface area (TPSA) is 250 Å². The molecule has 0 aromatic carbocycles. The Morgan fingerprint density at radius 2 is 1.97 bits per heavy atom. The summed E-state index contributed by atoms with van der Waals surface area (Å²) in [7, 11) is -16.5. The van der Waals surface area contributed by atoms with Crippen molar-refractivity contribution >= 4 is 40.4 Å². The van der Waals surface area contributed by atoms with Gasteiger partial charge in [0.15, 0.2) is 18.1 Å². The van der Waals surface area contributed by atoms with Crippen LogP contribution in [-0.4, -0.2) is 59.9 Å². The zero-order chi connectivity index (χ0) is 24.4. The lowest BCUT2D eigenvalue weighted by Crippen LogP contribution is -2.41. The quantitative estimate of drug-likeness (QED) is 0.127. The first kappa shape index (κ1) is 26.0. The second-order valence-electron chi connectivity index (χ2n) is 6.55. The third-order valence-corrected chi connectivity index (χ3v) is 7.98. The van der Waals surface area contributed by atoms with Crippen molar-refractivity contribution < 1.29 is 60.5 Å². The molecule has 20 heteroatoms. The third kappa shape index (κ3) is 6.96. The Kier molecular flexibility index (Phi) is 7.86. The number of phosphoric ester groups is 1. The number of ether oxygens (including phenoxy) is 2. The van der Waals surface area contributed by atoms with Crippen LogP contribution in [0.25, 0.3) is 11.2 Å². The molecule has 2 aromatic rings. The first-order valence-corrected chi connectivity index (χ1v) is 13.5. The zero-order valence-electron chi connectivity index (χ0n) is 16.6. The predicted octanol–water partition coefficient (Wildman–Crippen LogP) is 0.0296. The van der Waals surface area contributed by atoms with E-state index in [-0.39, 0.29) is 18.8 Å². The van der Waals surface area contributed by atoms with E-state index < -0.39 is 48.5 Å². The number of hydrogen-bond donors (Lipinski definition) is 6. The van der Waals surface area contributed by atoms with E-state index in [0.29, 0.717) is 11.2 Å². The predicted molar refractivity (Wildman–Crippen MR) is 107 cm³/mol. The van der Waals surface area contributed by atoms with Crippen molar-refractivity contribution in [1.29, 1.82) is 0 Å². The molecule has 0 aliphatic carbocycles. The van der Waals surface area contributed by atoms with Gasteiger partial charge in [0.2, 0.25) is 12.1 Å². The van der Waals surface area contributed by atoms with E-state index in [9.17, 15) is 23.5 Å². The van der Waals surface area contributed by atoms with Gasteiger partial charge in [-0.3, -0.25) is 4.52 Å². The molecule has 1 aliphatic heterocycles. The monoisotopic (exact) mass is 532 g/mol. The third-order valence-electron chi connectivity index (χ3n) is 4.18. The zero-order valence-corrected chi connectivity index (χ0v) is 19.3. The molecule has 7 N–H and O–H groups in total. The summed E-state index contributed by atoms with van der Waals surface area (Å²) in [5.74, 6) is 0.209. The van der Waals surface area contributed by atoms with Gasteiger partial charge in [-0.15, -0.1) is 6.58 Å². The van der Waals surface area contributed by atoms with Gasteiger partial charge in [0.05, 0.1) is 19.3 Å². The smallest absolute Gasteiger partial charge is 0.371 e. The summed E-state index contributed by atoms with van der Waals surface area (Å²) < 4.78 is 59.3. The molecule has 17 nitrogen and oxygen atoms in total. The van der Waals surface area contributed by atoms with E-state index in [2.05, 4.69) is 34.7 Å².